The molecule has 0 fully saturated rings. The highest BCUT2D eigenvalue weighted by molar-refractivity contribution is 8.26. The van der Waals surface area contributed by atoms with E-state index in [9.17, 15) is 0 Å². The Kier molecular flexibility index (Phi) is 5.93. The molecule has 1 aromatic carbocycles. The van der Waals surface area contributed by atoms with Crippen LogP contribution in [0, 0.1) is 6.92 Å². The number of hydrazine groups is 1. The van der Waals surface area contributed by atoms with E-state index in [1.807, 2.05) is 23.9 Å². The summed E-state index contributed by atoms with van der Waals surface area (Å²) in [5, 5.41) is 10.4. The van der Waals surface area contributed by atoms with Crippen LogP contribution in [0.1, 0.15) is 50.9 Å². The Balaban J connectivity index is 2.06. The van der Waals surface area contributed by atoms with E-state index in [4.69, 9.17) is 22.2 Å². The maximum absolute atomic E-state index is 5.32. The smallest absolute Gasteiger partial charge is 0.244 e. The van der Waals surface area contributed by atoms with Gasteiger partial charge in [-0.1, -0.05) is 55.4 Å². The van der Waals surface area contributed by atoms with Crippen molar-refractivity contribution < 1.29 is 0 Å². The molecule has 1 unspecified atom stereocenters. The minimum atomic E-state index is -0.189. The van der Waals surface area contributed by atoms with E-state index in [1.165, 1.54) is 5.56 Å². The number of aliphatic imine (C=N–C) groups is 2. The lowest BCUT2D eigenvalue weighted by atomic mass is 10.1. The normalized spacial score (nSPS) is 20.8. The van der Waals surface area contributed by atoms with Crippen LogP contribution in [0.4, 0.5) is 0 Å². The Bertz CT molecular complexity index is 768. The summed E-state index contributed by atoms with van der Waals surface area (Å²) < 4.78 is 0. The van der Waals surface area contributed by atoms with Gasteiger partial charge in [0, 0.05) is 6.54 Å². The van der Waals surface area contributed by atoms with E-state index in [0.29, 0.717) is 10.9 Å². The molecule has 1 N–H and O–H groups in total. The van der Waals surface area contributed by atoms with Gasteiger partial charge in [0.05, 0.1) is 10.0 Å². The highest BCUT2D eigenvalue weighted by Gasteiger charge is 2.40. The van der Waals surface area contributed by atoms with Gasteiger partial charge in [0.15, 0.2) is 11.3 Å². The van der Waals surface area contributed by atoms with Crippen molar-refractivity contribution in [2.45, 2.75) is 46.7 Å². The molecule has 1 aromatic rings. The topological polar surface area (TPSA) is 55.6 Å². The van der Waals surface area contributed by atoms with E-state index in [1.54, 1.807) is 11.8 Å². The molecule has 8 heteroatoms. The Morgan fingerprint density at radius 2 is 2.04 bits per heavy atom. The molecule has 0 bridgehead atoms. The van der Waals surface area contributed by atoms with Crippen LogP contribution in [-0.4, -0.2) is 37.7 Å². The predicted octanol–water partition coefficient (Wildman–Crippen LogP) is 4.06. The third-order valence-corrected chi connectivity index (χ3v) is 4.92. The van der Waals surface area contributed by atoms with Crippen molar-refractivity contribution in [1.82, 2.24) is 15.4 Å². The van der Waals surface area contributed by atoms with Gasteiger partial charge >= 0.3 is 0 Å². The minimum Gasteiger partial charge on any atom is -0.287 e. The SMILES string of the molecule is CCCCN=C1N=C2SC(C)=NN2C(c2ccc(C)cc2)N1NC(C)=S. The fraction of sp³-hybridized carbons (Fsp3) is 0.444. The number of guanidine groups is 1. The van der Waals surface area contributed by atoms with Gasteiger partial charge < -0.3 is 0 Å². The Hall–Kier alpha value is -1.93. The first kappa shape index (κ1) is 18.8. The number of benzene rings is 1. The Labute approximate surface area is 164 Å². The van der Waals surface area contributed by atoms with Crippen LogP contribution >= 0.6 is 24.0 Å². The van der Waals surface area contributed by atoms with Gasteiger partial charge in [-0.2, -0.15) is 10.1 Å². The maximum Gasteiger partial charge on any atom is 0.244 e. The zero-order valence-electron chi connectivity index (χ0n) is 15.6. The second-order valence-electron chi connectivity index (χ2n) is 6.32. The number of aryl methyl sites for hydroxylation is 1. The number of hydrogen-bond donors (Lipinski definition) is 1. The predicted molar refractivity (Wildman–Crippen MR) is 114 cm³/mol. The number of hydrazone groups is 1. The number of nitrogens with zero attached hydrogens (tertiary/aromatic N) is 5. The molecule has 0 spiro atoms. The van der Waals surface area contributed by atoms with Crippen molar-refractivity contribution in [3.8, 4) is 0 Å². The average molecular weight is 389 g/mol. The molecule has 2 heterocycles. The number of hydrogen-bond acceptors (Lipinski definition) is 5. The molecule has 138 valence electrons. The van der Waals surface area contributed by atoms with Crippen molar-refractivity contribution in [2.75, 3.05) is 6.54 Å². The molecule has 3 rings (SSSR count). The van der Waals surface area contributed by atoms with Crippen molar-refractivity contribution in [3.63, 3.8) is 0 Å². The molecule has 0 saturated carbocycles. The summed E-state index contributed by atoms with van der Waals surface area (Å²) in [5.41, 5.74) is 5.58. The maximum atomic E-state index is 5.32. The number of unbranched alkanes of at least 4 members (excludes halogenated alkanes) is 1. The molecular formula is C18H24N6S2. The average Bonchev–Trinajstić information content (AvgIpc) is 2.96. The summed E-state index contributed by atoms with van der Waals surface area (Å²) in [5.74, 6) is 0.650. The van der Waals surface area contributed by atoms with Gasteiger partial charge in [-0.3, -0.25) is 5.43 Å². The lowest BCUT2D eigenvalue weighted by Crippen LogP contribution is -2.54. The molecule has 2 aliphatic rings. The first-order valence-corrected chi connectivity index (χ1v) is 10.0. The van der Waals surface area contributed by atoms with E-state index >= 15 is 0 Å². The highest BCUT2D eigenvalue weighted by Crippen LogP contribution is 2.36. The molecule has 2 aliphatic heterocycles. The van der Waals surface area contributed by atoms with Gasteiger partial charge in [-0.15, -0.1) is 0 Å². The number of rotatable bonds is 5. The quantitative estimate of drug-likeness (QED) is 0.609. The standard InChI is InChI=1S/C18H24N6S2/c1-5-6-11-19-17-20-18-24(22-14(4)26-18)16(23(17)21-13(3)25)15-9-7-12(2)8-10-15/h7-10,16H,5-6,11H2,1-4H3,(H,21,25). The van der Waals surface area contributed by atoms with Crippen LogP contribution in [0.2, 0.25) is 0 Å². The third-order valence-electron chi connectivity index (χ3n) is 3.99. The van der Waals surface area contributed by atoms with Crippen molar-refractivity contribution >= 4 is 45.1 Å². The number of thiocarbonyl (C=S) groups is 1. The highest BCUT2D eigenvalue weighted by atomic mass is 32.2. The van der Waals surface area contributed by atoms with Crippen LogP contribution in [0.25, 0.3) is 0 Å². The summed E-state index contributed by atoms with van der Waals surface area (Å²) in [6.07, 6.45) is 1.93. The van der Waals surface area contributed by atoms with Gasteiger partial charge in [0.25, 0.3) is 0 Å². The van der Waals surface area contributed by atoms with E-state index in [2.05, 4.69) is 48.6 Å². The Morgan fingerprint density at radius 3 is 2.69 bits per heavy atom. The van der Waals surface area contributed by atoms with Gasteiger partial charge in [-0.05, 0) is 44.5 Å². The summed E-state index contributed by atoms with van der Waals surface area (Å²) in [6, 6.07) is 8.45. The minimum absolute atomic E-state index is 0.189. The van der Waals surface area contributed by atoms with Crippen LogP contribution in [0.5, 0.6) is 0 Å². The van der Waals surface area contributed by atoms with Crippen LogP contribution in [0.15, 0.2) is 39.4 Å². The number of fused-ring (bicyclic) bond motifs is 1. The fourth-order valence-corrected chi connectivity index (χ4v) is 3.60. The van der Waals surface area contributed by atoms with Crippen LogP contribution in [0.3, 0.4) is 0 Å². The number of amidine groups is 1. The number of nitrogens with one attached hydrogen (secondary N) is 1. The van der Waals surface area contributed by atoms with Crippen LogP contribution in [-0.2, 0) is 0 Å². The van der Waals surface area contributed by atoms with Gasteiger partial charge in [-0.25, -0.2) is 15.0 Å². The second-order valence-corrected chi connectivity index (χ2v) is 8.09. The molecule has 26 heavy (non-hydrogen) atoms. The molecule has 6 nitrogen and oxygen atoms in total. The van der Waals surface area contributed by atoms with E-state index < -0.39 is 0 Å². The first-order chi connectivity index (χ1) is 12.5. The second kappa shape index (κ2) is 8.18. The molecule has 1 atom stereocenters. The van der Waals surface area contributed by atoms with Crippen molar-refractivity contribution in [3.05, 3.63) is 35.4 Å². The molecule has 0 aliphatic carbocycles. The van der Waals surface area contributed by atoms with Crippen molar-refractivity contribution in [1.29, 1.82) is 0 Å². The molecule has 0 aromatic heterocycles. The monoisotopic (exact) mass is 388 g/mol. The first-order valence-electron chi connectivity index (χ1n) is 8.78. The van der Waals surface area contributed by atoms with Gasteiger partial charge in [0.2, 0.25) is 5.96 Å². The largest absolute Gasteiger partial charge is 0.287 e. The van der Waals surface area contributed by atoms with Crippen molar-refractivity contribution in [2.24, 2.45) is 15.1 Å². The number of thioether (sulfide) groups is 1. The summed E-state index contributed by atoms with van der Waals surface area (Å²) >= 11 is 6.89. The van der Waals surface area contributed by atoms with Gasteiger partial charge in [0.1, 0.15) is 0 Å². The molecule has 0 radical (unpaired) electrons. The third kappa shape index (κ3) is 4.07. The molecule has 0 saturated heterocycles. The summed E-state index contributed by atoms with van der Waals surface area (Å²) in [4.78, 5) is 10.1. The molecule has 0 amide bonds. The Morgan fingerprint density at radius 1 is 1.31 bits per heavy atom. The van der Waals surface area contributed by atoms with Crippen LogP contribution < -0.4 is 5.43 Å². The fourth-order valence-electron chi connectivity index (χ4n) is 2.74. The van der Waals surface area contributed by atoms with E-state index in [-0.39, 0.29) is 6.17 Å². The zero-order chi connectivity index (χ0) is 18.7. The zero-order valence-corrected chi connectivity index (χ0v) is 17.2. The van der Waals surface area contributed by atoms with E-state index in [0.717, 1.165) is 35.2 Å². The summed E-state index contributed by atoms with van der Waals surface area (Å²) in [6.45, 7) is 8.83. The lowest BCUT2D eigenvalue weighted by molar-refractivity contribution is 0.135. The molecular weight excluding hydrogens is 364 g/mol. The lowest BCUT2D eigenvalue weighted by Gasteiger charge is -2.40. The summed E-state index contributed by atoms with van der Waals surface area (Å²) in [7, 11) is 0.